The van der Waals surface area contributed by atoms with E-state index in [1.54, 1.807) is 11.8 Å². The number of hydrogen-bond donors (Lipinski definition) is 2. The maximum atomic E-state index is 12.0. The van der Waals surface area contributed by atoms with Gasteiger partial charge < -0.3 is 15.2 Å². The fourth-order valence-corrected chi connectivity index (χ4v) is 3.19. The Kier molecular flexibility index (Phi) is 5.64. The van der Waals surface area contributed by atoms with E-state index in [1.165, 1.54) is 0 Å². The van der Waals surface area contributed by atoms with E-state index in [-0.39, 0.29) is 18.9 Å². The monoisotopic (exact) mass is 309 g/mol. The lowest BCUT2D eigenvalue weighted by Gasteiger charge is -2.27. The normalized spacial score (nSPS) is 21.1. The fourth-order valence-electron chi connectivity index (χ4n) is 2.32. The van der Waals surface area contributed by atoms with Crippen LogP contribution in [0.4, 0.5) is 0 Å². The summed E-state index contributed by atoms with van der Waals surface area (Å²) in [5.74, 6) is -0.371. The van der Waals surface area contributed by atoms with Crippen LogP contribution >= 0.6 is 11.8 Å². The molecule has 0 aliphatic carbocycles. The molecule has 1 unspecified atom stereocenters. The highest BCUT2D eigenvalue weighted by molar-refractivity contribution is 7.99. The van der Waals surface area contributed by atoms with Crippen LogP contribution in [0.25, 0.3) is 0 Å². The van der Waals surface area contributed by atoms with Gasteiger partial charge in [-0.25, -0.2) is 0 Å². The smallest absolute Gasteiger partial charge is 0.305 e. The van der Waals surface area contributed by atoms with Crippen molar-refractivity contribution in [1.29, 1.82) is 0 Å². The van der Waals surface area contributed by atoms with Gasteiger partial charge >= 0.3 is 5.97 Å². The van der Waals surface area contributed by atoms with Gasteiger partial charge in [0.1, 0.15) is 0 Å². The summed E-state index contributed by atoms with van der Waals surface area (Å²) in [4.78, 5) is 24.1. The number of thioether (sulfide) groups is 1. The van der Waals surface area contributed by atoms with Gasteiger partial charge in [-0.2, -0.15) is 0 Å². The first-order valence-electron chi connectivity index (χ1n) is 6.88. The minimum atomic E-state index is -0.917. The molecule has 0 radical (unpaired) electrons. The number of carbonyl (C=O) groups excluding carboxylic acids is 1. The van der Waals surface area contributed by atoms with Crippen LogP contribution in [0.15, 0.2) is 35.2 Å². The van der Waals surface area contributed by atoms with Gasteiger partial charge in [-0.1, -0.05) is 18.2 Å². The molecule has 2 N–H and O–H groups in total. The Morgan fingerprint density at radius 2 is 2.10 bits per heavy atom. The van der Waals surface area contributed by atoms with Gasteiger partial charge in [0.25, 0.3) is 0 Å². The summed E-state index contributed by atoms with van der Waals surface area (Å²) in [5.41, 5.74) is -0.736. The number of nitrogens with one attached hydrogen (secondary N) is 1. The second kappa shape index (κ2) is 7.47. The van der Waals surface area contributed by atoms with Gasteiger partial charge in [0, 0.05) is 23.7 Å². The maximum absolute atomic E-state index is 12.0. The molecule has 0 saturated carbocycles. The Bertz CT molecular complexity index is 486. The van der Waals surface area contributed by atoms with Crippen LogP contribution in [-0.4, -0.2) is 41.5 Å². The lowest BCUT2D eigenvalue weighted by molar-refractivity contribution is -0.139. The first kappa shape index (κ1) is 15.9. The molecule has 5 nitrogen and oxygen atoms in total. The third-order valence-corrected chi connectivity index (χ3v) is 4.35. The maximum Gasteiger partial charge on any atom is 0.305 e. The lowest BCUT2D eigenvalue weighted by Crippen LogP contribution is -2.50. The number of amides is 1. The Labute approximate surface area is 128 Å². The number of carboxylic acids is 1. The van der Waals surface area contributed by atoms with Gasteiger partial charge in [-0.3, -0.25) is 9.59 Å². The molecular formula is C15H19NO4S. The highest BCUT2D eigenvalue weighted by Gasteiger charge is 2.38. The molecule has 21 heavy (non-hydrogen) atoms. The first-order valence-corrected chi connectivity index (χ1v) is 7.87. The predicted octanol–water partition coefficient (Wildman–Crippen LogP) is 1.92. The molecule has 2 rings (SSSR count). The average Bonchev–Trinajstić information content (AvgIpc) is 2.87. The van der Waals surface area contributed by atoms with Crippen LogP contribution < -0.4 is 5.32 Å². The van der Waals surface area contributed by atoms with Crippen molar-refractivity contribution in [1.82, 2.24) is 5.32 Å². The van der Waals surface area contributed by atoms with Crippen LogP contribution in [-0.2, 0) is 14.3 Å². The summed E-state index contributed by atoms with van der Waals surface area (Å²) in [6, 6.07) is 9.87. The molecule has 0 bridgehead atoms. The van der Waals surface area contributed by atoms with Crippen LogP contribution in [0, 0.1) is 0 Å². The Balaban J connectivity index is 1.78. The number of aliphatic carboxylic acids is 1. The van der Waals surface area contributed by atoms with Crippen molar-refractivity contribution in [2.75, 3.05) is 19.0 Å². The zero-order valence-electron chi connectivity index (χ0n) is 11.7. The molecule has 1 aromatic carbocycles. The van der Waals surface area contributed by atoms with E-state index >= 15 is 0 Å². The average molecular weight is 309 g/mol. The van der Waals surface area contributed by atoms with Crippen LogP contribution in [0.2, 0.25) is 0 Å². The number of rotatable bonds is 7. The van der Waals surface area contributed by atoms with Crippen molar-refractivity contribution >= 4 is 23.6 Å². The molecule has 1 saturated heterocycles. The minimum absolute atomic E-state index is 0.0927. The highest BCUT2D eigenvalue weighted by atomic mass is 32.2. The van der Waals surface area contributed by atoms with Crippen LogP contribution in [0.3, 0.4) is 0 Å². The molecular weight excluding hydrogens is 290 g/mol. The molecule has 1 aliphatic heterocycles. The van der Waals surface area contributed by atoms with Crippen molar-refractivity contribution in [2.45, 2.75) is 29.7 Å². The minimum Gasteiger partial charge on any atom is -0.481 e. The SMILES string of the molecule is O=C(O)CC1(NC(=O)CCSc2ccccc2)CCOC1. The molecule has 6 heteroatoms. The van der Waals surface area contributed by atoms with Gasteiger partial charge in [0.2, 0.25) is 5.91 Å². The van der Waals surface area contributed by atoms with Gasteiger partial charge in [0.05, 0.1) is 18.6 Å². The van der Waals surface area contributed by atoms with E-state index in [2.05, 4.69) is 5.32 Å². The summed E-state index contributed by atoms with van der Waals surface area (Å²) in [6.07, 6.45) is 0.822. The van der Waals surface area contributed by atoms with E-state index in [0.717, 1.165) is 4.90 Å². The zero-order chi connectivity index (χ0) is 15.1. The molecule has 0 aromatic heterocycles. The standard InChI is InChI=1S/C15H19NO4S/c17-13(6-9-21-12-4-2-1-3-5-12)16-15(10-14(18)19)7-8-20-11-15/h1-5H,6-11H2,(H,16,17)(H,18,19). The van der Waals surface area contributed by atoms with Crippen molar-refractivity contribution < 1.29 is 19.4 Å². The number of hydrogen-bond acceptors (Lipinski definition) is 4. The molecule has 1 fully saturated rings. The van der Waals surface area contributed by atoms with Crippen molar-refractivity contribution in [3.63, 3.8) is 0 Å². The number of carboxylic acid groups (broad SMARTS) is 1. The lowest BCUT2D eigenvalue weighted by atomic mass is 9.94. The van der Waals surface area contributed by atoms with Gasteiger partial charge in [0.15, 0.2) is 0 Å². The van der Waals surface area contributed by atoms with E-state index < -0.39 is 11.5 Å². The quantitative estimate of drug-likeness (QED) is 0.753. The molecule has 1 aromatic rings. The largest absolute Gasteiger partial charge is 0.481 e. The molecule has 1 aliphatic rings. The first-order chi connectivity index (χ1) is 10.1. The Morgan fingerprint density at radius 1 is 1.33 bits per heavy atom. The third-order valence-electron chi connectivity index (χ3n) is 3.34. The summed E-state index contributed by atoms with van der Waals surface area (Å²) in [7, 11) is 0. The van der Waals surface area contributed by atoms with E-state index in [0.29, 0.717) is 25.2 Å². The van der Waals surface area contributed by atoms with Crippen molar-refractivity contribution in [3.8, 4) is 0 Å². The number of benzene rings is 1. The summed E-state index contributed by atoms with van der Waals surface area (Å²) < 4.78 is 5.25. The molecule has 1 heterocycles. The predicted molar refractivity (Wildman–Crippen MR) is 80.3 cm³/mol. The van der Waals surface area contributed by atoms with Crippen molar-refractivity contribution in [2.24, 2.45) is 0 Å². The Morgan fingerprint density at radius 3 is 2.71 bits per heavy atom. The fraction of sp³-hybridized carbons (Fsp3) is 0.467. The van der Waals surface area contributed by atoms with E-state index in [4.69, 9.17) is 9.84 Å². The topological polar surface area (TPSA) is 75.6 Å². The van der Waals surface area contributed by atoms with Gasteiger partial charge in [-0.15, -0.1) is 11.8 Å². The number of carbonyl (C=O) groups is 2. The van der Waals surface area contributed by atoms with Crippen molar-refractivity contribution in [3.05, 3.63) is 30.3 Å². The Hall–Kier alpha value is -1.53. The highest BCUT2D eigenvalue weighted by Crippen LogP contribution is 2.23. The molecule has 114 valence electrons. The zero-order valence-corrected chi connectivity index (χ0v) is 12.5. The summed E-state index contributed by atoms with van der Waals surface area (Å²) in [6.45, 7) is 0.767. The number of ether oxygens (including phenoxy) is 1. The summed E-state index contributed by atoms with van der Waals surface area (Å²) >= 11 is 1.61. The molecule has 0 spiro atoms. The van der Waals surface area contributed by atoms with Gasteiger partial charge in [-0.05, 0) is 18.6 Å². The van der Waals surface area contributed by atoms with Crippen LogP contribution in [0.5, 0.6) is 0 Å². The van der Waals surface area contributed by atoms with E-state index in [9.17, 15) is 9.59 Å². The van der Waals surface area contributed by atoms with Crippen LogP contribution in [0.1, 0.15) is 19.3 Å². The third kappa shape index (κ3) is 5.06. The molecule has 1 amide bonds. The molecule has 1 atom stereocenters. The van der Waals surface area contributed by atoms with E-state index in [1.807, 2.05) is 30.3 Å². The summed E-state index contributed by atoms with van der Waals surface area (Å²) in [5, 5.41) is 11.8. The second-order valence-corrected chi connectivity index (χ2v) is 6.28. The second-order valence-electron chi connectivity index (χ2n) is 5.11.